The fourth-order valence-electron chi connectivity index (χ4n) is 0.605. The summed E-state index contributed by atoms with van der Waals surface area (Å²) in [6.07, 6.45) is 1.30. The molecule has 0 amide bonds. The Balaban J connectivity index is 3.81. The molecule has 0 fully saturated rings. The summed E-state index contributed by atoms with van der Waals surface area (Å²) in [5.41, 5.74) is 0. The molecule has 1 N–H and O–H groups in total. The molecule has 0 aromatic rings. The first-order valence-corrected chi connectivity index (χ1v) is 4.12. The molecule has 0 saturated carbocycles. The van der Waals surface area contributed by atoms with Crippen LogP contribution in [0.3, 0.4) is 0 Å². The highest BCUT2D eigenvalue weighted by molar-refractivity contribution is 6.67. The number of aliphatic hydroxyl groups excluding tert-OH is 1. The number of halogens is 3. The second kappa shape index (κ2) is 4.66. The topological polar surface area (TPSA) is 20.2 Å². The van der Waals surface area contributed by atoms with E-state index in [2.05, 4.69) is 6.92 Å². The summed E-state index contributed by atoms with van der Waals surface area (Å²) in [5.74, 6) is -0.296. The minimum atomic E-state index is -1.35. The van der Waals surface area contributed by atoms with Gasteiger partial charge in [0.25, 0.3) is 0 Å². The summed E-state index contributed by atoms with van der Waals surface area (Å²) in [4.78, 5) is 0. The summed E-state index contributed by atoms with van der Waals surface area (Å²) >= 11 is 16.6. The predicted molar refractivity (Wildman–Crippen MR) is 45.5 cm³/mol. The van der Waals surface area contributed by atoms with Gasteiger partial charge in [0.15, 0.2) is 3.79 Å². The van der Waals surface area contributed by atoms with Crippen molar-refractivity contribution >= 4 is 34.8 Å². The zero-order chi connectivity index (χ0) is 8.20. The van der Waals surface area contributed by atoms with Crippen molar-refractivity contribution in [1.82, 2.24) is 0 Å². The van der Waals surface area contributed by atoms with Crippen LogP contribution in [-0.4, -0.2) is 15.5 Å². The smallest absolute Gasteiger partial charge is 0.195 e. The summed E-state index contributed by atoms with van der Waals surface area (Å²) in [6, 6.07) is 0. The van der Waals surface area contributed by atoms with E-state index in [0.29, 0.717) is 12.8 Å². The lowest BCUT2D eigenvalue weighted by molar-refractivity contribution is 0.221. The molecule has 61 valence electrons. The molecule has 1 atom stereocenters. The number of hydrogen-bond donors (Lipinski definition) is 1. The van der Waals surface area contributed by atoms with Gasteiger partial charge in [0.2, 0.25) is 0 Å². The molecule has 0 spiro atoms. The molecule has 0 heterocycles. The van der Waals surface area contributed by atoms with Crippen LogP contribution in [0.4, 0.5) is 0 Å². The van der Waals surface area contributed by atoms with Crippen LogP contribution >= 0.6 is 34.8 Å². The Morgan fingerprint density at radius 2 is 1.90 bits per heavy atom. The van der Waals surface area contributed by atoms with Crippen LogP contribution in [0.1, 0.15) is 12.8 Å². The molecule has 1 nitrogen and oxygen atoms in total. The van der Waals surface area contributed by atoms with Crippen LogP contribution in [0.15, 0.2) is 0 Å². The van der Waals surface area contributed by atoms with Crippen molar-refractivity contribution in [3.63, 3.8) is 0 Å². The number of rotatable bonds is 3. The summed E-state index contributed by atoms with van der Waals surface area (Å²) in [7, 11) is 0. The van der Waals surface area contributed by atoms with E-state index in [9.17, 15) is 0 Å². The first kappa shape index (κ1) is 10.8. The fraction of sp³-hybridized carbons (Fsp3) is 0.833. The molecular formula is C6H10Cl3O. The van der Waals surface area contributed by atoms with Crippen LogP contribution in [0.2, 0.25) is 0 Å². The van der Waals surface area contributed by atoms with Gasteiger partial charge >= 0.3 is 0 Å². The summed E-state index contributed by atoms with van der Waals surface area (Å²) in [6.45, 7) is 3.49. The van der Waals surface area contributed by atoms with Crippen LogP contribution in [0, 0.1) is 12.8 Å². The Kier molecular flexibility index (Phi) is 5.04. The maximum absolute atomic E-state index is 8.71. The van der Waals surface area contributed by atoms with Crippen molar-refractivity contribution in [3.05, 3.63) is 6.92 Å². The third kappa shape index (κ3) is 3.87. The normalized spacial score (nSPS) is 15.3. The average Bonchev–Trinajstić information content (AvgIpc) is 1.80. The molecule has 0 rings (SSSR count). The summed E-state index contributed by atoms with van der Waals surface area (Å²) < 4.78 is -1.35. The predicted octanol–water partition coefficient (Wildman–Crippen LogP) is 2.58. The zero-order valence-corrected chi connectivity index (χ0v) is 7.75. The van der Waals surface area contributed by atoms with Crippen molar-refractivity contribution in [2.24, 2.45) is 5.92 Å². The SMILES string of the molecule is [CH2]CCC(CO)C(Cl)(Cl)Cl. The maximum atomic E-state index is 8.71. The van der Waals surface area contributed by atoms with E-state index in [0.717, 1.165) is 0 Å². The zero-order valence-electron chi connectivity index (χ0n) is 5.49. The Morgan fingerprint density at radius 1 is 1.40 bits per heavy atom. The third-order valence-electron chi connectivity index (χ3n) is 1.24. The highest BCUT2D eigenvalue weighted by Crippen LogP contribution is 2.36. The highest BCUT2D eigenvalue weighted by Gasteiger charge is 2.30. The van der Waals surface area contributed by atoms with Crippen LogP contribution in [0.25, 0.3) is 0 Å². The lowest BCUT2D eigenvalue weighted by Crippen LogP contribution is -2.22. The molecule has 0 aliphatic carbocycles. The van der Waals surface area contributed by atoms with Crippen molar-refractivity contribution < 1.29 is 5.11 Å². The van der Waals surface area contributed by atoms with Crippen molar-refractivity contribution in [1.29, 1.82) is 0 Å². The van der Waals surface area contributed by atoms with Gasteiger partial charge < -0.3 is 5.11 Å². The van der Waals surface area contributed by atoms with Crippen LogP contribution in [-0.2, 0) is 0 Å². The minimum absolute atomic E-state index is 0.105. The molecule has 10 heavy (non-hydrogen) atoms. The van der Waals surface area contributed by atoms with Gasteiger partial charge in [-0.25, -0.2) is 0 Å². The highest BCUT2D eigenvalue weighted by atomic mass is 35.6. The maximum Gasteiger partial charge on any atom is 0.195 e. The Morgan fingerprint density at radius 3 is 2.00 bits per heavy atom. The van der Waals surface area contributed by atoms with Gasteiger partial charge in [-0.1, -0.05) is 48.1 Å². The van der Waals surface area contributed by atoms with Gasteiger partial charge in [-0.05, 0) is 6.42 Å². The first-order valence-electron chi connectivity index (χ1n) is 2.99. The molecule has 0 aliphatic heterocycles. The molecule has 1 radical (unpaired) electrons. The average molecular weight is 205 g/mol. The fourth-order valence-corrected chi connectivity index (χ4v) is 1.14. The third-order valence-corrected chi connectivity index (χ3v) is 2.16. The van der Waals surface area contributed by atoms with E-state index >= 15 is 0 Å². The monoisotopic (exact) mass is 203 g/mol. The van der Waals surface area contributed by atoms with Gasteiger partial charge in [0.05, 0.1) is 0 Å². The van der Waals surface area contributed by atoms with Crippen LogP contribution < -0.4 is 0 Å². The van der Waals surface area contributed by atoms with Crippen molar-refractivity contribution in [2.75, 3.05) is 6.61 Å². The Labute approximate surface area is 76.3 Å². The number of aliphatic hydroxyl groups is 1. The molecule has 0 bridgehead atoms. The lowest BCUT2D eigenvalue weighted by atomic mass is 10.1. The van der Waals surface area contributed by atoms with Gasteiger partial charge in [-0.2, -0.15) is 0 Å². The van der Waals surface area contributed by atoms with Crippen molar-refractivity contribution in [3.8, 4) is 0 Å². The molecule has 0 aromatic heterocycles. The van der Waals surface area contributed by atoms with Crippen molar-refractivity contribution in [2.45, 2.75) is 16.6 Å². The second-order valence-corrected chi connectivity index (χ2v) is 4.43. The largest absolute Gasteiger partial charge is 0.396 e. The molecule has 0 aromatic carbocycles. The van der Waals surface area contributed by atoms with E-state index in [4.69, 9.17) is 39.9 Å². The van der Waals surface area contributed by atoms with E-state index in [1.807, 2.05) is 0 Å². The van der Waals surface area contributed by atoms with Gasteiger partial charge in [0, 0.05) is 12.5 Å². The standard InChI is InChI=1S/C6H10Cl3O/c1-2-3-5(4-10)6(7,8)9/h5,10H,1-4H2. The van der Waals surface area contributed by atoms with Gasteiger partial charge in [-0.3, -0.25) is 0 Å². The van der Waals surface area contributed by atoms with Crippen LogP contribution in [0.5, 0.6) is 0 Å². The van der Waals surface area contributed by atoms with Gasteiger partial charge in [0.1, 0.15) is 0 Å². The molecule has 0 saturated heterocycles. The van der Waals surface area contributed by atoms with E-state index in [1.54, 1.807) is 0 Å². The van der Waals surface area contributed by atoms with E-state index in [-0.39, 0.29) is 12.5 Å². The quantitative estimate of drug-likeness (QED) is 0.701. The second-order valence-electron chi connectivity index (χ2n) is 2.06. The van der Waals surface area contributed by atoms with Gasteiger partial charge in [-0.15, -0.1) is 0 Å². The number of hydrogen-bond acceptors (Lipinski definition) is 1. The Bertz CT molecular complexity index is 89.5. The lowest BCUT2D eigenvalue weighted by Gasteiger charge is -2.20. The van der Waals surface area contributed by atoms with E-state index in [1.165, 1.54) is 0 Å². The molecular weight excluding hydrogens is 194 g/mol. The minimum Gasteiger partial charge on any atom is -0.396 e. The molecule has 4 heteroatoms. The first-order chi connectivity index (χ1) is 4.52. The number of alkyl halides is 3. The molecule has 0 aliphatic rings. The summed E-state index contributed by atoms with van der Waals surface area (Å²) in [5, 5.41) is 8.71. The molecule has 1 unspecified atom stereocenters. The Hall–Kier alpha value is 0.830. The van der Waals surface area contributed by atoms with E-state index < -0.39 is 3.79 Å².